The summed E-state index contributed by atoms with van der Waals surface area (Å²) in [4.78, 5) is 22.4. The fraction of sp³-hybridized carbons (Fsp3) is 0.200. The number of benzene rings is 1. The zero-order chi connectivity index (χ0) is 23.8. The van der Waals surface area contributed by atoms with Crippen molar-refractivity contribution in [3.8, 4) is 5.75 Å². The van der Waals surface area contributed by atoms with E-state index < -0.39 is 15.5 Å². The number of rotatable bonds is 10. The molecule has 0 fully saturated rings. The Morgan fingerprint density at radius 3 is 2.58 bits per heavy atom. The molecule has 0 spiro atoms. The Morgan fingerprint density at radius 1 is 1.27 bits per heavy atom. The predicted octanol–water partition coefficient (Wildman–Crippen LogP) is 4.69. The van der Waals surface area contributed by atoms with Crippen LogP contribution in [0.25, 0.3) is 5.82 Å². The lowest BCUT2D eigenvalue weighted by Crippen LogP contribution is -2.25. The van der Waals surface area contributed by atoms with Crippen molar-refractivity contribution < 1.29 is 9.66 Å². The Balaban J connectivity index is 2.06. The van der Waals surface area contributed by atoms with Gasteiger partial charge in [-0.05, 0) is 42.8 Å². The fourth-order valence-corrected chi connectivity index (χ4v) is 3.17. The highest BCUT2D eigenvalue weighted by Crippen LogP contribution is 2.24. The van der Waals surface area contributed by atoms with E-state index in [-0.39, 0.29) is 18.1 Å². The molecule has 0 amide bonds. The van der Waals surface area contributed by atoms with Gasteiger partial charge in [-0.15, -0.1) is 0 Å². The normalized spacial score (nSPS) is 12.5. The van der Waals surface area contributed by atoms with E-state index in [1.807, 2.05) is 6.92 Å². The average Bonchev–Trinajstić information content (AvgIpc) is 3.32. The predicted molar refractivity (Wildman–Crippen MR) is 127 cm³/mol. The summed E-state index contributed by atoms with van der Waals surface area (Å²) >= 11 is 18.0. The van der Waals surface area contributed by atoms with Gasteiger partial charge in [-0.2, -0.15) is 9.78 Å². The zero-order valence-corrected chi connectivity index (χ0v) is 19.5. The Hall–Kier alpha value is -3.21. The number of ether oxygens (including phenoxy) is 1. The number of aliphatic imine (C=N–C) groups is 1. The maximum absolute atomic E-state index is 12.2. The molecule has 172 valence electrons. The van der Waals surface area contributed by atoms with Crippen molar-refractivity contribution >= 4 is 52.0 Å². The van der Waals surface area contributed by atoms with Gasteiger partial charge in [0.2, 0.25) is 5.82 Å². The lowest BCUT2D eigenvalue weighted by molar-refractivity contribution is -0.414. The largest absolute Gasteiger partial charge is 0.494 e. The third-order valence-electron chi connectivity index (χ3n) is 4.15. The van der Waals surface area contributed by atoms with Crippen LogP contribution in [0.1, 0.15) is 12.5 Å². The van der Waals surface area contributed by atoms with Gasteiger partial charge in [0, 0.05) is 11.9 Å². The fourth-order valence-electron chi connectivity index (χ4n) is 2.71. The second kappa shape index (κ2) is 11.6. The molecule has 0 unspecified atom stereocenters. The van der Waals surface area contributed by atoms with Crippen molar-refractivity contribution in [3.05, 3.63) is 81.8 Å². The summed E-state index contributed by atoms with van der Waals surface area (Å²) in [5.74, 6) is 0.616. The van der Waals surface area contributed by atoms with Crippen LogP contribution in [0.15, 0.2) is 65.9 Å². The molecule has 1 aromatic carbocycles. The molecule has 10 nitrogen and oxygen atoms in total. The first-order valence-corrected chi connectivity index (χ1v) is 10.8. The Labute approximate surface area is 204 Å². The molecule has 0 aliphatic rings. The number of aromatic nitrogens is 4. The number of alkyl halides is 2. The third kappa shape index (κ3) is 6.64. The smallest absolute Gasteiger partial charge is 0.335 e. The monoisotopic (exact) mass is 509 g/mol. The maximum Gasteiger partial charge on any atom is 0.335 e. The van der Waals surface area contributed by atoms with Crippen LogP contribution in [0.4, 0.5) is 5.69 Å². The molecule has 0 saturated carbocycles. The standard InChI is InChI=1S/C20H18Cl3N7O3/c1-2-33-15-6-4-14(5-7-15)28-20(29-12-24-11-27-29)18(30(31)32)17(19(22)23)26-10-13-3-8-16(21)25-9-13/h3-9,11-12,19,28H,2,10H2,1H3. The molecule has 33 heavy (non-hydrogen) atoms. The van der Waals surface area contributed by atoms with Gasteiger partial charge >= 0.3 is 5.70 Å². The van der Waals surface area contributed by atoms with E-state index in [9.17, 15) is 10.1 Å². The van der Waals surface area contributed by atoms with Crippen LogP contribution in [-0.2, 0) is 6.54 Å². The number of nitro groups is 1. The van der Waals surface area contributed by atoms with Gasteiger partial charge in [-0.3, -0.25) is 15.1 Å². The second-order valence-electron chi connectivity index (χ2n) is 6.37. The van der Waals surface area contributed by atoms with Crippen molar-refractivity contribution in [2.24, 2.45) is 4.99 Å². The molecule has 0 bridgehead atoms. The van der Waals surface area contributed by atoms with Gasteiger partial charge in [0.05, 0.1) is 18.1 Å². The lowest BCUT2D eigenvalue weighted by atomic mass is 10.2. The van der Waals surface area contributed by atoms with Crippen molar-refractivity contribution in [3.63, 3.8) is 0 Å². The highest BCUT2D eigenvalue weighted by Gasteiger charge is 2.32. The van der Waals surface area contributed by atoms with Crippen molar-refractivity contribution in [1.82, 2.24) is 19.7 Å². The number of hydrogen-bond donors (Lipinski definition) is 1. The van der Waals surface area contributed by atoms with Gasteiger partial charge < -0.3 is 10.1 Å². The molecule has 13 heteroatoms. The summed E-state index contributed by atoms with van der Waals surface area (Å²) in [5.41, 5.74) is 0.564. The number of nitrogens with one attached hydrogen (secondary N) is 1. The lowest BCUT2D eigenvalue weighted by Gasteiger charge is -2.14. The summed E-state index contributed by atoms with van der Waals surface area (Å²) in [7, 11) is 0. The molecule has 0 radical (unpaired) electrons. The number of allylic oxidation sites excluding steroid dienone is 1. The first-order chi connectivity index (χ1) is 15.9. The topological polar surface area (TPSA) is 120 Å². The van der Waals surface area contributed by atoms with Crippen molar-refractivity contribution in [1.29, 1.82) is 0 Å². The summed E-state index contributed by atoms with van der Waals surface area (Å²) in [6, 6.07) is 10.1. The summed E-state index contributed by atoms with van der Waals surface area (Å²) in [5, 5.41) is 19.5. The molecular formula is C20H18Cl3N7O3. The molecule has 0 aliphatic carbocycles. The van der Waals surface area contributed by atoms with Gasteiger partial charge in [0.25, 0.3) is 0 Å². The van der Waals surface area contributed by atoms with Crippen molar-refractivity contribution in [2.45, 2.75) is 18.3 Å². The first-order valence-electron chi connectivity index (χ1n) is 9.56. The minimum atomic E-state index is -1.30. The van der Waals surface area contributed by atoms with Crippen LogP contribution in [0.5, 0.6) is 5.75 Å². The molecule has 3 rings (SSSR count). The number of pyridine rings is 1. The average molecular weight is 511 g/mol. The molecule has 0 atom stereocenters. The number of hydrogen-bond acceptors (Lipinski definition) is 8. The van der Waals surface area contributed by atoms with E-state index in [0.717, 1.165) is 0 Å². The van der Waals surface area contributed by atoms with Gasteiger partial charge in [-0.1, -0.05) is 40.9 Å². The highest BCUT2D eigenvalue weighted by molar-refractivity contribution is 6.56. The second-order valence-corrected chi connectivity index (χ2v) is 7.85. The van der Waals surface area contributed by atoms with Crippen LogP contribution in [0.2, 0.25) is 5.15 Å². The van der Waals surface area contributed by atoms with Crippen LogP contribution < -0.4 is 10.1 Å². The number of halogens is 3. The summed E-state index contributed by atoms with van der Waals surface area (Å²) in [6.45, 7) is 2.43. The number of nitrogens with zero attached hydrogens (tertiary/aromatic N) is 6. The van der Waals surface area contributed by atoms with Crippen LogP contribution in [-0.4, -0.2) is 41.8 Å². The van der Waals surface area contributed by atoms with Gasteiger partial charge in [0.1, 0.15) is 29.3 Å². The van der Waals surface area contributed by atoms with Crippen LogP contribution >= 0.6 is 34.8 Å². The summed E-state index contributed by atoms with van der Waals surface area (Å²) < 4.78 is 6.63. The zero-order valence-electron chi connectivity index (χ0n) is 17.2. The van der Waals surface area contributed by atoms with Crippen LogP contribution in [0, 0.1) is 10.1 Å². The minimum Gasteiger partial charge on any atom is -0.494 e. The minimum absolute atomic E-state index is 0.0408. The molecule has 1 N–H and O–H groups in total. The Morgan fingerprint density at radius 2 is 2.03 bits per heavy atom. The molecule has 2 heterocycles. The van der Waals surface area contributed by atoms with E-state index in [4.69, 9.17) is 39.5 Å². The number of anilines is 1. The van der Waals surface area contributed by atoms with Gasteiger partial charge in [0.15, 0.2) is 4.84 Å². The SMILES string of the molecule is CCOc1ccc(NC(=C(C(=NCc2ccc(Cl)nc2)C(Cl)Cl)[N+](=O)[O-])n2cncn2)cc1. The van der Waals surface area contributed by atoms with E-state index in [1.54, 1.807) is 36.4 Å². The first kappa shape index (κ1) is 24.4. The van der Waals surface area contributed by atoms with Gasteiger partial charge in [-0.25, -0.2) is 9.97 Å². The molecule has 2 aromatic heterocycles. The van der Waals surface area contributed by atoms with E-state index in [0.29, 0.717) is 28.8 Å². The molecule has 0 aliphatic heterocycles. The van der Waals surface area contributed by atoms with Crippen molar-refractivity contribution in [2.75, 3.05) is 11.9 Å². The molecular weight excluding hydrogens is 493 g/mol. The summed E-state index contributed by atoms with van der Waals surface area (Å²) in [6.07, 6.45) is 4.05. The maximum atomic E-state index is 12.2. The quantitative estimate of drug-likeness (QED) is 0.138. The van der Waals surface area contributed by atoms with E-state index in [1.165, 1.54) is 23.5 Å². The molecule has 0 saturated heterocycles. The highest BCUT2D eigenvalue weighted by atomic mass is 35.5. The third-order valence-corrected chi connectivity index (χ3v) is 4.79. The van der Waals surface area contributed by atoms with E-state index in [2.05, 4.69) is 25.4 Å². The van der Waals surface area contributed by atoms with E-state index >= 15 is 0 Å². The Bertz CT molecular complexity index is 1130. The Kier molecular flexibility index (Phi) is 8.58. The molecule has 3 aromatic rings. The van der Waals surface area contributed by atoms with Crippen LogP contribution in [0.3, 0.4) is 0 Å².